The molecule has 0 aromatic rings. The van der Waals surface area contributed by atoms with E-state index >= 15 is 0 Å². The van der Waals surface area contributed by atoms with E-state index in [9.17, 15) is 9.59 Å². The summed E-state index contributed by atoms with van der Waals surface area (Å²) in [6.45, 7) is 8.80. The first-order valence-electron chi connectivity index (χ1n) is 10.0. The summed E-state index contributed by atoms with van der Waals surface area (Å²) < 4.78 is 0. The molecule has 1 unspecified atom stereocenters. The van der Waals surface area contributed by atoms with Crippen LogP contribution in [0.5, 0.6) is 0 Å². The lowest BCUT2D eigenvalue weighted by molar-refractivity contribution is -0.129. The van der Waals surface area contributed by atoms with Crippen molar-refractivity contribution in [2.45, 2.75) is 91.5 Å². The maximum Gasteiger partial charge on any atom is 0.239 e. The highest BCUT2D eigenvalue weighted by molar-refractivity contribution is 5.85. The molecule has 0 aromatic carbocycles. The maximum atomic E-state index is 12.3. The van der Waals surface area contributed by atoms with E-state index in [0.29, 0.717) is 11.8 Å². The molecule has 4 heteroatoms. The largest absolute Gasteiger partial charge is 0.352 e. The lowest BCUT2D eigenvalue weighted by Gasteiger charge is -2.26. The lowest BCUT2D eigenvalue weighted by atomic mass is 9.90. The number of hydrogen-bond acceptors (Lipinski definition) is 2. The summed E-state index contributed by atoms with van der Waals surface area (Å²) in [5.74, 6) is 1.11. The van der Waals surface area contributed by atoms with E-state index < -0.39 is 0 Å². The second-order valence-corrected chi connectivity index (χ2v) is 7.95. The Morgan fingerprint density at radius 3 is 2.12 bits per heavy atom. The van der Waals surface area contributed by atoms with Gasteiger partial charge in [0.1, 0.15) is 0 Å². The minimum Gasteiger partial charge on any atom is -0.352 e. The molecule has 0 heterocycles. The SMILES string of the molecule is CCC(C)[C@H](CC(C)C)NC(=O)CNC(=O)C1CCCCCCC1. The van der Waals surface area contributed by atoms with Gasteiger partial charge in [0.05, 0.1) is 6.54 Å². The van der Waals surface area contributed by atoms with E-state index in [1.165, 1.54) is 19.3 Å². The van der Waals surface area contributed by atoms with Gasteiger partial charge in [-0.25, -0.2) is 0 Å². The molecule has 1 fully saturated rings. The van der Waals surface area contributed by atoms with Crippen molar-refractivity contribution in [2.75, 3.05) is 6.54 Å². The Morgan fingerprint density at radius 2 is 1.58 bits per heavy atom. The molecule has 4 nitrogen and oxygen atoms in total. The van der Waals surface area contributed by atoms with Crippen LogP contribution in [0.4, 0.5) is 0 Å². The van der Waals surface area contributed by atoms with Crippen molar-refractivity contribution in [3.8, 4) is 0 Å². The first-order chi connectivity index (χ1) is 11.4. The number of carbonyl (C=O) groups excluding carboxylic acids is 2. The van der Waals surface area contributed by atoms with Crippen LogP contribution in [0.15, 0.2) is 0 Å². The molecule has 140 valence electrons. The molecule has 0 bridgehead atoms. The van der Waals surface area contributed by atoms with Crippen molar-refractivity contribution >= 4 is 11.8 Å². The van der Waals surface area contributed by atoms with Crippen LogP contribution in [0.25, 0.3) is 0 Å². The Balaban J connectivity index is 2.40. The van der Waals surface area contributed by atoms with E-state index in [1.807, 2.05) is 0 Å². The van der Waals surface area contributed by atoms with Gasteiger partial charge in [0.15, 0.2) is 0 Å². The standard InChI is InChI=1S/C20H38N2O2/c1-5-16(4)18(13-15(2)3)22-19(23)14-21-20(24)17-11-9-7-6-8-10-12-17/h15-18H,5-14H2,1-4H3,(H,21,24)(H,22,23)/t16?,18-/m0/s1. The van der Waals surface area contributed by atoms with Gasteiger partial charge in [-0.2, -0.15) is 0 Å². The second kappa shape index (κ2) is 11.5. The topological polar surface area (TPSA) is 58.2 Å². The predicted octanol–water partition coefficient (Wildman–Crippen LogP) is 4.04. The summed E-state index contributed by atoms with van der Waals surface area (Å²) in [6, 6.07) is 0.195. The maximum absolute atomic E-state index is 12.3. The number of amides is 2. The van der Waals surface area contributed by atoms with E-state index in [-0.39, 0.29) is 30.3 Å². The van der Waals surface area contributed by atoms with Crippen LogP contribution in [0.2, 0.25) is 0 Å². The molecule has 1 saturated carbocycles. The van der Waals surface area contributed by atoms with Gasteiger partial charge < -0.3 is 10.6 Å². The average Bonchev–Trinajstić information content (AvgIpc) is 2.50. The molecular formula is C20H38N2O2. The molecule has 0 radical (unpaired) electrons. The van der Waals surface area contributed by atoms with E-state index in [1.54, 1.807) is 0 Å². The van der Waals surface area contributed by atoms with Crippen LogP contribution in [0.1, 0.15) is 85.5 Å². The summed E-state index contributed by atoms with van der Waals surface area (Å²) in [4.78, 5) is 24.6. The number of carbonyl (C=O) groups is 2. The quantitative estimate of drug-likeness (QED) is 0.702. The lowest BCUT2D eigenvalue weighted by Crippen LogP contribution is -2.46. The van der Waals surface area contributed by atoms with Crippen LogP contribution in [-0.4, -0.2) is 24.4 Å². The highest BCUT2D eigenvalue weighted by atomic mass is 16.2. The third-order valence-electron chi connectivity index (χ3n) is 5.30. The fourth-order valence-electron chi connectivity index (χ4n) is 3.51. The number of rotatable bonds is 8. The first kappa shape index (κ1) is 21.0. The molecular weight excluding hydrogens is 300 g/mol. The Bertz CT molecular complexity index is 374. The van der Waals surface area contributed by atoms with Gasteiger partial charge in [-0.15, -0.1) is 0 Å². The van der Waals surface area contributed by atoms with Crippen LogP contribution in [-0.2, 0) is 9.59 Å². The van der Waals surface area contributed by atoms with Gasteiger partial charge in [-0.1, -0.05) is 66.2 Å². The first-order valence-corrected chi connectivity index (χ1v) is 10.0. The molecule has 1 aliphatic carbocycles. The highest BCUT2D eigenvalue weighted by Gasteiger charge is 2.22. The normalized spacial score (nSPS) is 19.2. The number of hydrogen-bond donors (Lipinski definition) is 2. The number of nitrogens with one attached hydrogen (secondary N) is 2. The summed E-state index contributed by atoms with van der Waals surface area (Å²) >= 11 is 0. The molecule has 0 spiro atoms. The molecule has 24 heavy (non-hydrogen) atoms. The zero-order chi connectivity index (χ0) is 17.9. The van der Waals surface area contributed by atoms with Crippen LogP contribution in [0, 0.1) is 17.8 Å². The molecule has 0 saturated heterocycles. The summed E-state index contributed by atoms with van der Waals surface area (Å²) in [7, 11) is 0. The zero-order valence-corrected chi connectivity index (χ0v) is 16.2. The van der Waals surface area contributed by atoms with E-state index in [4.69, 9.17) is 0 Å². The van der Waals surface area contributed by atoms with Gasteiger partial charge >= 0.3 is 0 Å². The smallest absolute Gasteiger partial charge is 0.239 e. The molecule has 0 aromatic heterocycles. The summed E-state index contributed by atoms with van der Waals surface area (Å²) in [6.07, 6.45) is 10.00. The Hall–Kier alpha value is -1.06. The van der Waals surface area contributed by atoms with Crippen molar-refractivity contribution in [1.29, 1.82) is 0 Å². The Kier molecular flexibility index (Phi) is 10.0. The molecule has 0 aliphatic heterocycles. The van der Waals surface area contributed by atoms with Gasteiger partial charge in [-0.05, 0) is 31.1 Å². The Labute approximate surface area is 148 Å². The third-order valence-corrected chi connectivity index (χ3v) is 5.30. The monoisotopic (exact) mass is 338 g/mol. The summed E-state index contributed by atoms with van der Waals surface area (Å²) in [5, 5.41) is 5.99. The molecule has 2 N–H and O–H groups in total. The minimum atomic E-state index is -0.0554. The van der Waals surface area contributed by atoms with Crippen molar-refractivity contribution in [1.82, 2.24) is 10.6 Å². The van der Waals surface area contributed by atoms with Crippen molar-refractivity contribution in [3.63, 3.8) is 0 Å². The fourth-order valence-corrected chi connectivity index (χ4v) is 3.51. The van der Waals surface area contributed by atoms with Crippen molar-refractivity contribution in [3.05, 3.63) is 0 Å². The molecule has 1 aliphatic rings. The van der Waals surface area contributed by atoms with E-state index in [0.717, 1.165) is 38.5 Å². The third kappa shape index (κ3) is 8.16. The molecule has 1 rings (SSSR count). The molecule has 2 amide bonds. The van der Waals surface area contributed by atoms with Crippen LogP contribution in [0.3, 0.4) is 0 Å². The minimum absolute atomic E-state index is 0.0554. The van der Waals surface area contributed by atoms with Crippen LogP contribution < -0.4 is 10.6 Å². The predicted molar refractivity (Wildman–Crippen MR) is 99.7 cm³/mol. The Morgan fingerprint density at radius 1 is 1.00 bits per heavy atom. The average molecular weight is 339 g/mol. The highest BCUT2D eigenvalue weighted by Crippen LogP contribution is 2.22. The van der Waals surface area contributed by atoms with Gasteiger partial charge in [-0.3, -0.25) is 9.59 Å². The van der Waals surface area contributed by atoms with Gasteiger partial charge in [0.25, 0.3) is 0 Å². The second-order valence-electron chi connectivity index (χ2n) is 7.95. The fraction of sp³-hybridized carbons (Fsp3) is 0.900. The van der Waals surface area contributed by atoms with E-state index in [2.05, 4.69) is 38.3 Å². The van der Waals surface area contributed by atoms with Gasteiger partial charge in [0, 0.05) is 12.0 Å². The van der Waals surface area contributed by atoms with Gasteiger partial charge in [0.2, 0.25) is 11.8 Å². The van der Waals surface area contributed by atoms with Crippen molar-refractivity contribution in [2.24, 2.45) is 17.8 Å². The van der Waals surface area contributed by atoms with Crippen molar-refractivity contribution < 1.29 is 9.59 Å². The summed E-state index contributed by atoms with van der Waals surface area (Å²) in [5.41, 5.74) is 0. The molecule has 2 atom stereocenters. The zero-order valence-electron chi connectivity index (χ0n) is 16.2. The van der Waals surface area contributed by atoms with Crippen LogP contribution >= 0.6 is 0 Å².